The predicted molar refractivity (Wildman–Crippen MR) is 143 cm³/mol. The molecular weight excluding hydrogens is 548 g/mol. The van der Waals surface area contributed by atoms with Crippen molar-refractivity contribution >= 4 is 0 Å². The molecule has 2 saturated heterocycles. The summed E-state index contributed by atoms with van der Waals surface area (Å²) in [6.45, 7) is -0.0633. The smallest absolute Gasteiger partial charge is 0.186 e. The zero-order valence-electron chi connectivity index (χ0n) is 23.0. The van der Waals surface area contributed by atoms with Gasteiger partial charge in [0.15, 0.2) is 6.29 Å². The number of aliphatic hydroxyl groups is 8. The van der Waals surface area contributed by atoms with Crippen LogP contribution in [-0.4, -0.2) is 172 Å². The molecule has 1 saturated carbocycles. The lowest BCUT2D eigenvalue weighted by atomic mass is 9.71. The maximum absolute atomic E-state index is 11.7. The van der Waals surface area contributed by atoms with Crippen molar-refractivity contribution < 1.29 is 55.1 Å². The highest BCUT2D eigenvalue weighted by Gasteiger charge is 2.55. The first-order chi connectivity index (χ1) is 19.5. The molecule has 18 N–H and O–H groups in total. The van der Waals surface area contributed by atoms with Gasteiger partial charge in [-0.25, -0.2) is 0 Å². The number of rotatable bonds is 13. The van der Waals surface area contributed by atoms with E-state index >= 15 is 0 Å². The van der Waals surface area contributed by atoms with E-state index in [2.05, 4.69) is 10.6 Å². The molecule has 17 nitrogen and oxygen atoms in total. The molecule has 0 radical (unpaired) electrons. The first-order valence-corrected chi connectivity index (χ1v) is 14.1. The minimum absolute atomic E-state index is 0.0262. The van der Waals surface area contributed by atoms with Gasteiger partial charge >= 0.3 is 0 Å². The molecule has 0 bridgehead atoms. The summed E-state index contributed by atoms with van der Waals surface area (Å²) in [6.07, 6.45) is -13.0. The number of aliphatic hydroxyl groups excluding tert-OH is 8. The summed E-state index contributed by atoms with van der Waals surface area (Å²) in [5, 5.41) is 88.7. The van der Waals surface area contributed by atoms with Gasteiger partial charge in [0.2, 0.25) is 0 Å². The normalized spacial score (nSPS) is 46.4. The highest BCUT2D eigenvalue weighted by molar-refractivity contribution is 5.08. The third kappa shape index (κ3) is 8.08. The third-order valence-corrected chi connectivity index (χ3v) is 8.34. The molecule has 16 atom stereocenters. The Morgan fingerprint density at radius 2 is 1.59 bits per heavy atom. The summed E-state index contributed by atoms with van der Waals surface area (Å²) < 4.78 is 17.7. The van der Waals surface area contributed by atoms with Crippen molar-refractivity contribution in [2.45, 2.75) is 104 Å². The van der Waals surface area contributed by atoms with Crippen molar-refractivity contribution in [3.8, 4) is 0 Å². The quantitative estimate of drug-likeness (QED) is 0.0875. The fourth-order valence-corrected chi connectivity index (χ4v) is 5.84. The second kappa shape index (κ2) is 15.9. The molecule has 3 aliphatic rings. The summed E-state index contributed by atoms with van der Waals surface area (Å²) in [7, 11) is 0. The molecule has 3 rings (SSSR count). The van der Waals surface area contributed by atoms with E-state index in [0.29, 0.717) is 13.0 Å². The number of nitrogens with two attached hydrogens (primary N) is 4. The average Bonchev–Trinajstić information content (AvgIpc) is 2.96. The highest BCUT2D eigenvalue weighted by Crippen LogP contribution is 2.36. The van der Waals surface area contributed by atoms with Crippen LogP contribution in [0, 0.1) is 5.92 Å². The van der Waals surface area contributed by atoms with E-state index in [0.717, 1.165) is 0 Å². The summed E-state index contributed by atoms with van der Waals surface area (Å²) in [5.41, 5.74) is 24.3. The average molecular weight is 599 g/mol. The summed E-state index contributed by atoms with van der Waals surface area (Å²) in [5.74, 6) is -0.928. The Balaban J connectivity index is 1.85. The van der Waals surface area contributed by atoms with Gasteiger partial charge in [-0.3, -0.25) is 0 Å². The van der Waals surface area contributed by atoms with E-state index in [1.165, 1.54) is 0 Å². The Morgan fingerprint density at radius 3 is 2.22 bits per heavy atom. The Kier molecular flexibility index (Phi) is 13.5. The van der Waals surface area contributed by atoms with E-state index in [4.69, 9.17) is 42.3 Å². The van der Waals surface area contributed by atoms with Crippen molar-refractivity contribution in [3.63, 3.8) is 0 Å². The Bertz CT molecular complexity index is 778. The molecule has 0 aromatic carbocycles. The zero-order valence-corrected chi connectivity index (χ0v) is 23.0. The minimum Gasteiger partial charge on any atom is -0.396 e. The second-order valence-corrected chi connectivity index (χ2v) is 11.2. The molecule has 3 fully saturated rings. The molecule has 0 aromatic rings. The highest BCUT2D eigenvalue weighted by atomic mass is 16.7. The van der Waals surface area contributed by atoms with Gasteiger partial charge in [-0.05, 0) is 19.4 Å². The van der Waals surface area contributed by atoms with Gasteiger partial charge in [-0.15, -0.1) is 0 Å². The molecule has 242 valence electrons. The van der Waals surface area contributed by atoms with Crippen molar-refractivity contribution in [2.75, 3.05) is 39.4 Å². The first-order valence-electron chi connectivity index (χ1n) is 14.1. The number of nitrogens with one attached hydrogen (secondary N) is 2. The van der Waals surface area contributed by atoms with E-state index in [9.17, 15) is 35.7 Å². The zero-order chi connectivity index (χ0) is 30.4. The van der Waals surface area contributed by atoms with Gasteiger partial charge < -0.3 is 88.6 Å². The standard InChI is InChI=1S/C24H50N6O11/c25-5-9(33)6-30-11-4-10(26)14(23-16(28)20(37)18(35)12(39-23)7-29-2-1-3-31)19(36)22(11)41-24-21(38)15(27)17(34)13(8-32)40-24/h9-24,29-38H,1-8,25-28H2. The lowest BCUT2D eigenvalue weighted by molar-refractivity contribution is -0.308. The maximum atomic E-state index is 11.7. The Labute approximate surface area is 238 Å². The summed E-state index contributed by atoms with van der Waals surface area (Å²) in [4.78, 5) is 0. The Hall–Kier alpha value is -0.680. The van der Waals surface area contributed by atoms with Crippen LogP contribution in [-0.2, 0) is 14.2 Å². The first kappa shape index (κ1) is 34.8. The molecule has 16 unspecified atom stereocenters. The van der Waals surface area contributed by atoms with Gasteiger partial charge in [-0.2, -0.15) is 0 Å². The summed E-state index contributed by atoms with van der Waals surface area (Å²) >= 11 is 0. The van der Waals surface area contributed by atoms with Gasteiger partial charge in [-0.1, -0.05) is 0 Å². The van der Waals surface area contributed by atoms with Crippen LogP contribution >= 0.6 is 0 Å². The minimum atomic E-state index is -1.52. The number of hydrogen-bond donors (Lipinski definition) is 14. The van der Waals surface area contributed by atoms with Crippen LogP contribution in [0.4, 0.5) is 0 Å². The van der Waals surface area contributed by atoms with Crippen LogP contribution in [0.25, 0.3) is 0 Å². The Morgan fingerprint density at radius 1 is 0.878 bits per heavy atom. The van der Waals surface area contributed by atoms with E-state index < -0.39 is 104 Å². The van der Waals surface area contributed by atoms with Crippen molar-refractivity contribution in [1.82, 2.24) is 10.6 Å². The van der Waals surface area contributed by atoms with Crippen LogP contribution in [0.3, 0.4) is 0 Å². The van der Waals surface area contributed by atoms with E-state index in [-0.39, 0.29) is 32.7 Å². The molecule has 1 aliphatic carbocycles. The lowest BCUT2D eigenvalue weighted by Gasteiger charge is -2.52. The molecule has 2 heterocycles. The van der Waals surface area contributed by atoms with Gasteiger partial charge in [0.05, 0.1) is 43.1 Å². The van der Waals surface area contributed by atoms with Crippen LogP contribution in [0.1, 0.15) is 12.8 Å². The van der Waals surface area contributed by atoms with Crippen molar-refractivity contribution in [2.24, 2.45) is 28.9 Å². The number of ether oxygens (including phenoxy) is 3. The van der Waals surface area contributed by atoms with Crippen LogP contribution in [0.15, 0.2) is 0 Å². The molecule has 2 aliphatic heterocycles. The van der Waals surface area contributed by atoms with Crippen LogP contribution in [0.2, 0.25) is 0 Å². The molecule has 0 aromatic heterocycles. The predicted octanol–water partition coefficient (Wildman–Crippen LogP) is -8.09. The number of hydrogen-bond acceptors (Lipinski definition) is 17. The van der Waals surface area contributed by atoms with Crippen molar-refractivity contribution in [3.05, 3.63) is 0 Å². The van der Waals surface area contributed by atoms with E-state index in [1.54, 1.807) is 0 Å². The summed E-state index contributed by atoms with van der Waals surface area (Å²) in [6, 6.07) is -3.81. The molecule has 0 amide bonds. The second-order valence-electron chi connectivity index (χ2n) is 11.2. The fraction of sp³-hybridized carbons (Fsp3) is 1.00. The molecule has 0 spiro atoms. The topological polar surface area (TPSA) is 318 Å². The maximum Gasteiger partial charge on any atom is 0.186 e. The SMILES string of the molecule is NCC(O)CNC1CC(N)C(C2OC(CNCCCO)C(O)C(O)C2N)C(O)C1OC1OC(CO)C(O)C(N)C1O. The lowest BCUT2D eigenvalue weighted by Crippen LogP contribution is -2.72. The van der Waals surface area contributed by atoms with Crippen LogP contribution in [0.5, 0.6) is 0 Å². The molecule has 17 heteroatoms. The monoisotopic (exact) mass is 598 g/mol. The molecular formula is C24H50N6O11. The van der Waals surface area contributed by atoms with Gasteiger partial charge in [0, 0.05) is 44.2 Å². The van der Waals surface area contributed by atoms with E-state index in [1.807, 2.05) is 0 Å². The van der Waals surface area contributed by atoms with Gasteiger partial charge in [0.1, 0.15) is 36.6 Å². The third-order valence-electron chi connectivity index (χ3n) is 8.34. The van der Waals surface area contributed by atoms with Gasteiger partial charge in [0.25, 0.3) is 0 Å². The largest absolute Gasteiger partial charge is 0.396 e. The van der Waals surface area contributed by atoms with Crippen LogP contribution < -0.4 is 33.6 Å². The molecule has 41 heavy (non-hydrogen) atoms. The fourth-order valence-electron chi connectivity index (χ4n) is 5.84. The van der Waals surface area contributed by atoms with Crippen molar-refractivity contribution in [1.29, 1.82) is 0 Å².